The summed E-state index contributed by atoms with van der Waals surface area (Å²) in [5, 5.41) is 0. The molecule has 0 heteroatoms. The average molecular weight is 565 g/mol. The Bertz CT molecular complexity index is 1220. The molecule has 0 fully saturated rings. The Hall–Kier alpha value is -3.12. The largest absolute Gasteiger partial charge is 0.0952 e. The van der Waals surface area contributed by atoms with Crippen LogP contribution in [-0.2, 0) is 0 Å². The van der Waals surface area contributed by atoms with Gasteiger partial charge in [0, 0.05) is 5.92 Å². The molecule has 0 aromatic carbocycles. The van der Waals surface area contributed by atoms with Gasteiger partial charge in [-0.15, -0.1) is 0 Å². The fraction of sp³-hybridized carbons (Fsp3) is 0.429. The van der Waals surface area contributed by atoms with Crippen LogP contribution >= 0.6 is 0 Å². The van der Waals surface area contributed by atoms with Crippen molar-refractivity contribution in [2.24, 2.45) is 23.2 Å². The predicted octanol–water partition coefficient (Wildman–Crippen LogP) is 13.1. The topological polar surface area (TPSA) is 0 Å². The van der Waals surface area contributed by atoms with Crippen molar-refractivity contribution in [3.8, 4) is 0 Å². The molecule has 0 aromatic rings. The van der Waals surface area contributed by atoms with Gasteiger partial charge in [0.2, 0.25) is 0 Å². The Kier molecular flexibility index (Phi) is 16.8. The average Bonchev–Trinajstić information content (AvgIpc) is 2.91. The highest BCUT2D eigenvalue weighted by Gasteiger charge is 2.30. The fourth-order valence-corrected chi connectivity index (χ4v) is 5.62. The van der Waals surface area contributed by atoms with Gasteiger partial charge >= 0.3 is 0 Å². The molecular formula is C42H60. The van der Waals surface area contributed by atoms with E-state index in [1.807, 2.05) is 13.8 Å². The summed E-state index contributed by atoms with van der Waals surface area (Å²) in [4.78, 5) is 0. The van der Waals surface area contributed by atoms with E-state index in [4.69, 9.17) is 0 Å². The minimum Gasteiger partial charge on any atom is -0.0952 e. The summed E-state index contributed by atoms with van der Waals surface area (Å²) < 4.78 is 0. The van der Waals surface area contributed by atoms with Gasteiger partial charge < -0.3 is 0 Å². The van der Waals surface area contributed by atoms with Gasteiger partial charge in [0.05, 0.1) is 0 Å². The Morgan fingerprint density at radius 1 is 0.786 bits per heavy atom. The van der Waals surface area contributed by atoms with E-state index in [0.29, 0.717) is 11.8 Å². The molecular weight excluding hydrogens is 504 g/mol. The first-order chi connectivity index (χ1) is 19.9. The first-order valence-electron chi connectivity index (χ1n) is 16.0. The third kappa shape index (κ3) is 13.7. The first kappa shape index (κ1) is 36.9. The summed E-state index contributed by atoms with van der Waals surface area (Å²) in [5.41, 5.74) is 9.47. The van der Waals surface area contributed by atoms with Gasteiger partial charge in [0.25, 0.3) is 0 Å². The van der Waals surface area contributed by atoms with E-state index >= 15 is 0 Å². The summed E-state index contributed by atoms with van der Waals surface area (Å²) in [5.74, 6) is 1.86. The summed E-state index contributed by atoms with van der Waals surface area (Å²) >= 11 is 0. The van der Waals surface area contributed by atoms with Gasteiger partial charge in [-0.05, 0) is 82.3 Å². The van der Waals surface area contributed by atoms with Gasteiger partial charge in [-0.3, -0.25) is 0 Å². The van der Waals surface area contributed by atoms with E-state index in [1.54, 1.807) is 5.57 Å². The van der Waals surface area contributed by atoms with Gasteiger partial charge in [-0.1, -0.05) is 173 Å². The van der Waals surface area contributed by atoms with Crippen molar-refractivity contribution in [1.82, 2.24) is 0 Å². The van der Waals surface area contributed by atoms with Crippen LogP contribution in [0.3, 0.4) is 0 Å². The lowest BCUT2D eigenvalue weighted by Crippen LogP contribution is -2.25. The molecule has 1 unspecified atom stereocenters. The molecule has 3 atom stereocenters. The minimum atomic E-state index is 0.225. The number of hydrogen-bond acceptors (Lipinski definition) is 0. The van der Waals surface area contributed by atoms with Crippen LogP contribution in [0.2, 0.25) is 0 Å². The summed E-state index contributed by atoms with van der Waals surface area (Å²) in [6, 6.07) is 0. The summed E-state index contributed by atoms with van der Waals surface area (Å²) in [6.45, 7) is 28.5. The van der Waals surface area contributed by atoms with Gasteiger partial charge in [0.15, 0.2) is 0 Å². The molecule has 2 rings (SSSR count). The fourth-order valence-electron chi connectivity index (χ4n) is 5.62. The Balaban J connectivity index is 0.00000431. The van der Waals surface area contributed by atoms with Crippen LogP contribution in [-0.4, -0.2) is 0 Å². The van der Waals surface area contributed by atoms with Crippen molar-refractivity contribution in [3.05, 3.63) is 143 Å². The van der Waals surface area contributed by atoms with E-state index in [-0.39, 0.29) is 5.41 Å². The smallest absolute Gasteiger partial charge is 0.00693 e. The van der Waals surface area contributed by atoms with Gasteiger partial charge in [0.1, 0.15) is 0 Å². The molecule has 42 heavy (non-hydrogen) atoms. The van der Waals surface area contributed by atoms with Gasteiger partial charge in [-0.25, -0.2) is 0 Å². The quantitative estimate of drug-likeness (QED) is 0.231. The van der Waals surface area contributed by atoms with Crippen molar-refractivity contribution in [2.45, 2.75) is 95.4 Å². The lowest BCUT2D eigenvalue weighted by Gasteiger charge is -2.35. The van der Waals surface area contributed by atoms with Gasteiger partial charge in [-0.2, -0.15) is 0 Å². The molecule has 2 aliphatic carbocycles. The number of hydrogen-bond donors (Lipinski definition) is 0. The Labute approximate surface area is 260 Å². The molecule has 0 aliphatic heterocycles. The standard InChI is InChI=1S/C40H54.C2H6/c1-30(18-13-20-32(3)23-25-38-36(7)28-34(5)29-37(38)8)16-11-12-17-31(2)19-14-21-33(4)24-26-39-35(6)22-15-27-40(39,9)10;1-2/h11-26,34,36,39H,6,27-29H2,1-5,7-10H3;1-2H3/b12-11+,18-13+,19-14+,25-23+,26-24+,30-16+,31-17+,32-20+,33-21+;/t34?,36-,39-;/m0./s1. The summed E-state index contributed by atoms with van der Waals surface area (Å²) in [6.07, 6.45) is 38.6. The van der Waals surface area contributed by atoms with Crippen molar-refractivity contribution in [1.29, 1.82) is 0 Å². The number of rotatable bonds is 10. The zero-order chi connectivity index (χ0) is 31.7. The zero-order valence-electron chi connectivity index (χ0n) is 28.8. The van der Waals surface area contributed by atoms with Crippen LogP contribution in [0, 0.1) is 23.2 Å². The highest BCUT2D eigenvalue weighted by molar-refractivity contribution is 5.36. The zero-order valence-corrected chi connectivity index (χ0v) is 28.8. The molecule has 0 saturated carbocycles. The van der Waals surface area contributed by atoms with E-state index in [0.717, 1.165) is 12.3 Å². The van der Waals surface area contributed by atoms with Crippen molar-refractivity contribution < 1.29 is 0 Å². The first-order valence-corrected chi connectivity index (χ1v) is 16.0. The lowest BCUT2D eigenvalue weighted by atomic mass is 9.69. The molecule has 0 aromatic heterocycles. The van der Waals surface area contributed by atoms with Crippen LogP contribution in [0.5, 0.6) is 0 Å². The van der Waals surface area contributed by atoms with E-state index < -0.39 is 0 Å². The SMILES string of the molecule is C=C1C=CCC(C)(C)[C@H]1/C=C/C(C)=C/C=C/C(C)=C/C=C/C=C(C)/C=C/C=C(C)/C=C/C1=C(C)CC(C)C[C@@H]1C.CC. The third-order valence-electron chi connectivity index (χ3n) is 7.99. The molecule has 228 valence electrons. The normalized spacial score (nSPS) is 24.6. The molecule has 0 bridgehead atoms. The highest BCUT2D eigenvalue weighted by atomic mass is 14.3. The van der Waals surface area contributed by atoms with E-state index in [1.165, 1.54) is 46.3 Å². The molecule has 0 nitrogen and oxygen atoms in total. The van der Waals surface area contributed by atoms with E-state index in [9.17, 15) is 0 Å². The summed E-state index contributed by atoms with van der Waals surface area (Å²) in [7, 11) is 0. The third-order valence-corrected chi connectivity index (χ3v) is 7.99. The molecule has 0 heterocycles. The monoisotopic (exact) mass is 564 g/mol. The lowest BCUT2D eigenvalue weighted by molar-refractivity contribution is 0.291. The maximum Gasteiger partial charge on any atom is 0.00693 e. The molecule has 0 spiro atoms. The van der Waals surface area contributed by atoms with Crippen molar-refractivity contribution in [2.75, 3.05) is 0 Å². The van der Waals surface area contributed by atoms with Crippen LogP contribution in [0.25, 0.3) is 0 Å². The molecule has 0 amide bonds. The van der Waals surface area contributed by atoms with Crippen molar-refractivity contribution >= 4 is 0 Å². The van der Waals surface area contributed by atoms with Crippen LogP contribution in [0.15, 0.2) is 143 Å². The molecule has 0 N–H and O–H groups in total. The molecule has 0 saturated heterocycles. The second kappa shape index (κ2) is 19.1. The Morgan fingerprint density at radius 3 is 1.81 bits per heavy atom. The Morgan fingerprint density at radius 2 is 1.29 bits per heavy atom. The van der Waals surface area contributed by atoms with Crippen molar-refractivity contribution in [3.63, 3.8) is 0 Å². The highest BCUT2D eigenvalue weighted by Crippen LogP contribution is 2.40. The van der Waals surface area contributed by atoms with Crippen LogP contribution < -0.4 is 0 Å². The maximum absolute atomic E-state index is 4.25. The molecule has 0 radical (unpaired) electrons. The van der Waals surface area contributed by atoms with E-state index in [2.05, 4.69) is 166 Å². The maximum atomic E-state index is 4.25. The minimum absolute atomic E-state index is 0.225. The number of allylic oxidation sites excluding steroid dienone is 23. The predicted molar refractivity (Wildman–Crippen MR) is 193 cm³/mol. The second-order valence-corrected chi connectivity index (χ2v) is 12.8. The van der Waals surface area contributed by atoms with Crippen LogP contribution in [0.4, 0.5) is 0 Å². The van der Waals surface area contributed by atoms with Crippen LogP contribution in [0.1, 0.15) is 95.4 Å². The second-order valence-electron chi connectivity index (χ2n) is 12.8. The molecule has 2 aliphatic rings.